The number of esters is 1. The Balaban J connectivity index is 1.56. The highest BCUT2D eigenvalue weighted by molar-refractivity contribution is 6.04. The van der Waals surface area contributed by atoms with Crippen LogP contribution in [0.4, 0.5) is 14.5 Å². The molecule has 0 aliphatic heterocycles. The van der Waals surface area contributed by atoms with Crippen LogP contribution in [0.2, 0.25) is 0 Å². The predicted molar refractivity (Wildman–Crippen MR) is 114 cm³/mol. The number of pyridine rings is 1. The molecule has 2 amide bonds. The Morgan fingerprint density at radius 2 is 1.75 bits per heavy atom. The fourth-order valence-corrected chi connectivity index (χ4v) is 2.88. The topological polar surface area (TPSA) is 97.4 Å². The largest absolute Gasteiger partial charge is 0.452 e. The van der Waals surface area contributed by atoms with Crippen LogP contribution >= 0.6 is 0 Å². The quantitative estimate of drug-likeness (QED) is 0.547. The molecule has 1 aromatic heterocycles. The van der Waals surface area contributed by atoms with Crippen LogP contribution < -0.4 is 10.6 Å². The van der Waals surface area contributed by atoms with Crippen molar-refractivity contribution in [1.82, 2.24) is 10.3 Å². The van der Waals surface area contributed by atoms with E-state index in [1.165, 1.54) is 6.07 Å². The van der Waals surface area contributed by atoms with Gasteiger partial charge >= 0.3 is 5.97 Å². The molecule has 0 radical (unpaired) electrons. The van der Waals surface area contributed by atoms with Gasteiger partial charge in [0.2, 0.25) is 5.91 Å². The summed E-state index contributed by atoms with van der Waals surface area (Å²) in [6, 6.07) is 11.6. The maximum absolute atomic E-state index is 13.2. The lowest BCUT2D eigenvalue weighted by atomic mass is 10.0. The Morgan fingerprint density at radius 3 is 2.47 bits per heavy atom. The summed E-state index contributed by atoms with van der Waals surface area (Å²) in [6.45, 7) is 2.87. The lowest BCUT2D eigenvalue weighted by Crippen LogP contribution is -2.35. The number of para-hydroxylation sites is 1. The molecule has 3 aromatic rings. The molecule has 0 bridgehead atoms. The second-order valence-corrected chi connectivity index (χ2v) is 7.30. The van der Waals surface area contributed by atoms with Gasteiger partial charge < -0.3 is 15.4 Å². The zero-order valence-corrected chi connectivity index (χ0v) is 17.4. The SMILES string of the molecule is CC(C)c1cc(C(=O)OCC(=O)NCC(=O)Nc2ccc(F)c(F)c2)c2ccccc2n1. The summed E-state index contributed by atoms with van der Waals surface area (Å²) in [5.74, 6) is -4.10. The zero-order valence-electron chi connectivity index (χ0n) is 17.4. The summed E-state index contributed by atoms with van der Waals surface area (Å²) in [4.78, 5) is 41.0. The lowest BCUT2D eigenvalue weighted by molar-refractivity contribution is -0.126. The number of halogens is 2. The van der Waals surface area contributed by atoms with E-state index in [2.05, 4.69) is 15.6 Å². The van der Waals surface area contributed by atoms with Crippen molar-refractivity contribution < 1.29 is 27.9 Å². The number of ether oxygens (including phenoxy) is 1. The van der Waals surface area contributed by atoms with E-state index in [4.69, 9.17) is 4.74 Å². The first kappa shape index (κ1) is 22.8. The van der Waals surface area contributed by atoms with Crippen LogP contribution in [0.15, 0.2) is 48.5 Å². The highest BCUT2D eigenvalue weighted by atomic mass is 19.2. The van der Waals surface area contributed by atoms with E-state index >= 15 is 0 Å². The second-order valence-electron chi connectivity index (χ2n) is 7.30. The summed E-state index contributed by atoms with van der Waals surface area (Å²) in [7, 11) is 0. The van der Waals surface area contributed by atoms with Gasteiger partial charge in [-0.15, -0.1) is 0 Å². The first-order valence-corrected chi connectivity index (χ1v) is 9.83. The fourth-order valence-electron chi connectivity index (χ4n) is 2.88. The Kier molecular flexibility index (Phi) is 7.09. The van der Waals surface area contributed by atoms with E-state index in [9.17, 15) is 23.2 Å². The third-order valence-corrected chi connectivity index (χ3v) is 4.53. The van der Waals surface area contributed by atoms with Crippen molar-refractivity contribution >= 4 is 34.4 Å². The predicted octanol–water partition coefficient (Wildman–Crippen LogP) is 3.55. The molecule has 166 valence electrons. The minimum Gasteiger partial charge on any atom is -0.452 e. The first-order chi connectivity index (χ1) is 15.2. The second kappa shape index (κ2) is 9.95. The van der Waals surface area contributed by atoms with Crippen LogP contribution in [-0.4, -0.2) is 35.9 Å². The number of amides is 2. The van der Waals surface area contributed by atoms with Gasteiger partial charge in [0.15, 0.2) is 18.2 Å². The van der Waals surface area contributed by atoms with Crippen LogP contribution in [0.5, 0.6) is 0 Å². The molecule has 0 fully saturated rings. The molecular formula is C23H21F2N3O4. The maximum Gasteiger partial charge on any atom is 0.339 e. The smallest absolute Gasteiger partial charge is 0.339 e. The van der Waals surface area contributed by atoms with Gasteiger partial charge in [-0.1, -0.05) is 32.0 Å². The molecule has 0 aliphatic rings. The molecule has 3 rings (SSSR count). The molecule has 2 N–H and O–H groups in total. The van der Waals surface area contributed by atoms with Gasteiger partial charge in [-0.05, 0) is 30.2 Å². The Morgan fingerprint density at radius 1 is 1.00 bits per heavy atom. The van der Waals surface area contributed by atoms with Crippen LogP contribution in [0, 0.1) is 11.6 Å². The molecule has 0 unspecified atom stereocenters. The van der Waals surface area contributed by atoms with E-state index in [0.717, 1.165) is 12.1 Å². The molecule has 9 heteroatoms. The number of rotatable bonds is 7. The lowest BCUT2D eigenvalue weighted by Gasteiger charge is -2.12. The van der Waals surface area contributed by atoms with Crippen molar-refractivity contribution in [2.45, 2.75) is 19.8 Å². The number of anilines is 1. The summed E-state index contributed by atoms with van der Waals surface area (Å²) < 4.78 is 31.2. The van der Waals surface area contributed by atoms with Crippen molar-refractivity contribution in [3.05, 3.63) is 71.4 Å². The van der Waals surface area contributed by atoms with Crippen molar-refractivity contribution in [2.75, 3.05) is 18.5 Å². The van der Waals surface area contributed by atoms with Crippen molar-refractivity contribution in [3.8, 4) is 0 Å². The normalized spacial score (nSPS) is 10.8. The van der Waals surface area contributed by atoms with E-state index in [1.807, 2.05) is 19.9 Å². The Hall–Kier alpha value is -3.88. The highest BCUT2D eigenvalue weighted by Crippen LogP contribution is 2.23. The number of nitrogens with zero attached hydrogens (tertiary/aromatic N) is 1. The number of nitrogens with one attached hydrogen (secondary N) is 2. The first-order valence-electron chi connectivity index (χ1n) is 9.83. The van der Waals surface area contributed by atoms with Gasteiger partial charge in [-0.2, -0.15) is 0 Å². The van der Waals surface area contributed by atoms with E-state index in [-0.39, 0.29) is 11.6 Å². The van der Waals surface area contributed by atoms with Gasteiger partial charge in [0, 0.05) is 22.8 Å². The molecule has 0 saturated carbocycles. The third kappa shape index (κ3) is 5.63. The average molecular weight is 441 g/mol. The summed E-state index contributed by atoms with van der Waals surface area (Å²) in [6.07, 6.45) is 0. The summed E-state index contributed by atoms with van der Waals surface area (Å²) in [5, 5.41) is 5.22. The summed E-state index contributed by atoms with van der Waals surface area (Å²) >= 11 is 0. The minimum atomic E-state index is -1.11. The fraction of sp³-hybridized carbons (Fsp3) is 0.217. The van der Waals surface area contributed by atoms with Crippen molar-refractivity contribution in [2.24, 2.45) is 0 Å². The molecule has 32 heavy (non-hydrogen) atoms. The third-order valence-electron chi connectivity index (χ3n) is 4.53. The van der Waals surface area contributed by atoms with Crippen LogP contribution in [-0.2, 0) is 14.3 Å². The molecule has 2 aromatic carbocycles. The van der Waals surface area contributed by atoms with Gasteiger partial charge in [0.25, 0.3) is 5.91 Å². The number of carbonyl (C=O) groups excluding carboxylic acids is 3. The van der Waals surface area contributed by atoms with Gasteiger partial charge in [0.05, 0.1) is 17.6 Å². The van der Waals surface area contributed by atoms with Crippen LogP contribution in [0.1, 0.15) is 35.8 Å². The average Bonchev–Trinajstić information content (AvgIpc) is 2.77. The van der Waals surface area contributed by atoms with E-state index in [1.54, 1.807) is 24.3 Å². The number of carbonyl (C=O) groups is 3. The van der Waals surface area contributed by atoms with E-state index < -0.39 is 42.6 Å². The van der Waals surface area contributed by atoms with Gasteiger partial charge in [0.1, 0.15) is 0 Å². The molecular weight excluding hydrogens is 420 g/mol. The zero-order chi connectivity index (χ0) is 23.3. The molecule has 0 aliphatic carbocycles. The standard InChI is InChI=1S/C23H21F2N3O4/c1-13(2)20-10-16(15-5-3-4-6-19(15)28-20)23(31)32-12-22(30)26-11-21(29)27-14-7-8-17(24)18(25)9-14/h3-10,13H,11-12H2,1-2H3,(H,26,30)(H,27,29). The van der Waals surface area contributed by atoms with Gasteiger partial charge in [-0.3, -0.25) is 14.6 Å². The molecule has 1 heterocycles. The number of hydrogen-bond acceptors (Lipinski definition) is 5. The molecule has 0 saturated heterocycles. The number of fused-ring (bicyclic) bond motifs is 1. The van der Waals surface area contributed by atoms with Crippen molar-refractivity contribution in [1.29, 1.82) is 0 Å². The molecule has 0 atom stereocenters. The van der Waals surface area contributed by atoms with Crippen LogP contribution in [0.25, 0.3) is 10.9 Å². The minimum absolute atomic E-state index is 0.0418. The highest BCUT2D eigenvalue weighted by Gasteiger charge is 2.17. The summed E-state index contributed by atoms with van der Waals surface area (Å²) in [5.41, 5.74) is 1.70. The number of aromatic nitrogens is 1. The Labute approximate surface area is 182 Å². The Bertz CT molecular complexity index is 1180. The molecule has 0 spiro atoms. The van der Waals surface area contributed by atoms with Crippen molar-refractivity contribution in [3.63, 3.8) is 0 Å². The maximum atomic E-state index is 13.2. The van der Waals surface area contributed by atoms with Gasteiger partial charge in [-0.25, -0.2) is 13.6 Å². The number of benzene rings is 2. The van der Waals surface area contributed by atoms with E-state index in [0.29, 0.717) is 22.2 Å². The number of hydrogen-bond donors (Lipinski definition) is 2. The monoisotopic (exact) mass is 441 g/mol. The van der Waals surface area contributed by atoms with Crippen LogP contribution in [0.3, 0.4) is 0 Å². The molecule has 7 nitrogen and oxygen atoms in total.